The lowest BCUT2D eigenvalue weighted by Gasteiger charge is -2.12. The summed E-state index contributed by atoms with van der Waals surface area (Å²) in [5.41, 5.74) is 1.15. The second-order valence-electron chi connectivity index (χ2n) is 3.29. The molecule has 0 aliphatic heterocycles. The van der Waals surface area contributed by atoms with Crippen LogP contribution in [0.5, 0.6) is 0 Å². The van der Waals surface area contributed by atoms with Gasteiger partial charge in [-0.25, -0.2) is 0 Å². The van der Waals surface area contributed by atoms with Crippen LogP contribution in [0.3, 0.4) is 0 Å². The summed E-state index contributed by atoms with van der Waals surface area (Å²) in [5, 5.41) is 1.99. The van der Waals surface area contributed by atoms with Gasteiger partial charge >= 0.3 is 0 Å². The van der Waals surface area contributed by atoms with Crippen molar-refractivity contribution in [3.63, 3.8) is 0 Å². The molecule has 3 heteroatoms. The molecule has 0 bridgehead atoms. The van der Waals surface area contributed by atoms with Crippen LogP contribution in [0, 0.1) is 6.92 Å². The number of hydrogen-bond acceptors (Lipinski definition) is 2. The Morgan fingerprint density at radius 1 is 1.58 bits per heavy atom. The predicted octanol–water partition coefficient (Wildman–Crippen LogP) is 3.41. The van der Waals surface area contributed by atoms with Gasteiger partial charge in [-0.2, -0.15) is 0 Å². The number of thiophene rings is 1. The molecule has 1 rings (SSSR count). The van der Waals surface area contributed by atoms with Crippen molar-refractivity contribution in [1.29, 1.82) is 0 Å². The third-order valence-corrected chi connectivity index (χ3v) is 2.90. The highest BCUT2D eigenvalue weighted by Crippen LogP contribution is 2.25. The topological polar surface area (TPSA) is 17.1 Å². The Kier molecular flexibility index (Phi) is 2.74. The standard InChI is InChI=1S/C9H11BrOS/c1-6-4-7(12-5-6)8(11)9(2,3)10/h4-5H,1-3H3. The molecule has 1 aromatic heterocycles. The minimum atomic E-state index is -0.440. The number of halogens is 1. The van der Waals surface area contributed by atoms with Gasteiger partial charge in [0, 0.05) is 0 Å². The Bertz CT molecular complexity index is 296. The van der Waals surface area contributed by atoms with Gasteiger partial charge in [-0.1, -0.05) is 15.9 Å². The monoisotopic (exact) mass is 246 g/mol. The van der Waals surface area contributed by atoms with E-state index in [1.165, 1.54) is 11.3 Å². The van der Waals surface area contributed by atoms with Gasteiger partial charge in [-0.15, -0.1) is 11.3 Å². The van der Waals surface area contributed by atoms with Crippen molar-refractivity contribution < 1.29 is 4.79 Å². The number of Topliss-reactive ketones (excluding diaryl/α,β-unsaturated/α-hetero) is 1. The summed E-state index contributed by atoms with van der Waals surface area (Å²) in [5.74, 6) is 0.153. The molecule has 0 amide bonds. The molecule has 0 atom stereocenters. The molecule has 0 radical (unpaired) electrons. The van der Waals surface area contributed by atoms with Crippen molar-refractivity contribution >= 4 is 33.0 Å². The van der Waals surface area contributed by atoms with Gasteiger partial charge in [0.1, 0.15) is 0 Å². The number of aryl methyl sites for hydroxylation is 1. The van der Waals surface area contributed by atoms with Crippen LogP contribution in [0.25, 0.3) is 0 Å². The number of rotatable bonds is 2. The largest absolute Gasteiger partial charge is 0.292 e. The summed E-state index contributed by atoms with van der Waals surface area (Å²) in [7, 11) is 0. The van der Waals surface area contributed by atoms with Crippen LogP contribution in [0.1, 0.15) is 29.1 Å². The first-order valence-electron chi connectivity index (χ1n) is 3.70. The van der Waals surface area contributed by atoms with Crippen LogP contribution >= 0.6 is 27.3 Å². The second kappa shape index (κ2) is 3.30. The fraction of sp³-hybridized carbons (Fsp3) is 0.444. The van der Waals surface area contributed by atoms with Gasteiger partial charge in [-0.3, -0.25) is 4.79 Å². The maximum Gasteiger partial charge on any atom is 0.188 e. The number of carbonyl (C=O) groups excluding carboxylic acids is 1. The normalized spacial score (nSPS) is 11.7. The molecular formula is C9H11BrOS. The molecular weight excluding hydrogens is 236 g/mol. The summed E-state index contributed by atoms with van der Waals surface area (Å²) in [6.45, 7) is 5.73. The van der Waals surface area contributed by atoms with Crippen LogP contribution in [0.15, 0.2) is 11.4 Å². The van der Waals surface area contributed by atoms with Crippen molar-refractivity contribution in [3.05, 3.63) is 21.9 Å². The zero-order valence-corrected chi connectivity index (χ0v) is 9.75. The lowest BCUT2D eigenvalue weighted by molar-refractivity contribution is 0.0965. The molecule has 1 nitrogen and oxygen atoms in total. The van der Waals surface area contributed by atoms with Crippen LogP contribution in [0.2, 0.25) is 0 Å². The van der Waals surface area contributed by atoms with Gasteiger partial charge in [0.05, 0.1) is 9.20 Å². The minimum absolute atomic E-state index is 0.153. The van der Waals surface area contributed by atoms with Crippen molar-refractivity contribution in [3.8, 4) is 0 Å². The van der Waals surface area contributed by atoms with Gasteiger partial charge < -0.3 is 0 Å². The smallest absolute Gasteiger partial charge is 0.188 e. The molecule has 0 saturated carbocycles. The van der Waals surface area contributed by atoms with Crippen LogP contribution in [0.4, 0.5) is 0 Å². The lowest BCUT2D eigenvalue weighted by atomic mass is 10.1. The average molecular weight is 247 g/mol. The summed E-state index contributed by atoms with van der Waals surface area (Å²) in [4.78, 5) is 12.5. The molecule has 0 aliphatic rings. The van der Waals surface area contributed by atoms with Gasteiger partial charge in [0.15, 0.2) is 5.78 Å². The van der Waals surface area contributed by atoms with E-state index in [2.05, 4.69) is 15.9 Å². The van der Waals surface area contributed by atoms with E-state index in [1.54, 1.807) is 0 Å². The number of hydrogen-bond donors (Lipinski definition) is 0. The molecule has 66 valence electrons. The first-order chi connectivity index (χ1) is 5.41. The summed E-state index contributed by atoms with van der Waals surface area (Å²) >= 11 is 4.85. The fourth-order valence-electron chi connectivity index (χ4n) is 0.843. The molecule has 0 saturated heterocycles. The van der Waals surface area contributed by atoms with E-state index >= 15 is 0 Å². The molecule has 0 aliphatic carbocycles. The first kappa shape index (κ1) is 9.93. The van der Waals surface area contributed by atoms with E-state index in [-0.39, 0.29) is 5.78 Å². The Morgan fingerprint density at radius 3 is 2.50 bits per heavy atom. The van der Waals surface area contributed by atoms with E-state index < -0.39 is 4.32 Å². The molecule has 0 N–H and O–H groups in total. The number of ketones is 1. The van der Waals surface area contributed by atoms with Crippen LogP contribution in [-0.2, 0) is 0 Å². The highest BCUT2D eigenvalue weighted by Gasteiger charge is 2.25. The highest BCUT2D eigenvalue weighted by atomic mass is 79.9. The van der Waals surface area contributed by atoms with Crippen molar-refractivity contribution in [2.75, 3.05) is 0 Å². The van der Waals surface area contributed by atoms with Gasteiger partial charge in [-0.05, 0) is 37.8 Å². The predicted molar refractivity (Wildman–Crippen MR) is 56.4 cm³/mol. The Labute approximate surface area is 84.9 Å². The quantitative estimate of drug-likeness (QED) is 0.578. The minimum Gasteiger partial charge on any atom is -0.292 e. The SMILES string of the molecule is Cc1csc(C(=O)C(C)(C)Br)c1. The third-order valence-electron chi connectivity index (χ3n) is 1.49. The molecule has 12 heavy (non-hydrogen) atoms. The molecule has 0 unspecified atom stereocenters. The summed E-state index contributed by atoms with van der Waals surface area (Å²) in [6, 6.07) is 1.93. The Morgan fingerprint density at radius 2 is 2.17 bits per heavy atom. The van der Waals surface area contributed by atoms with Crippen LogP contribution < -0.4 is 0 Å². The Balaban J connectivity index is 2.93. The van der Waals surface area contributed by atoms with E-state index in [0.717, 1.165) is 10.4 Å². The molecule has 1 aromatic rings. The summed E-state index contributed by atoms with van der Waals surface area (Å²) < 4.78 is -0.440. The zero-order valence-electron chi connectivity index (χ0n) is 7.35. The Hall–Kier alpha value is -0.150. The van der Waals surface area contributed by atoms with Crippen molar-refractivity contribution in [2.24, 2.45) is 0 Å². The molecule has 1 heterocycles. The molecule has 0 spiro atoms. The molecule has 0 aromatic carbocycles. The maximum absolute atomic E-state index is 11.6. The second-order valence-corrected chi connectivity index (χ2v) is 6.18. The van der Waals surface area contributed by atoms with Crippen molar-refractivity contribution in [2.45, 2.75) is 25.1 Å². The number of alkyl halides is 1. The van der Waals surface area contributed by atoms with Gasteiger partial charge in [0.2, 0.25) is 0 Å². The first-order valence-corrected chi connectivity index (χ1v) is 5.37. The fourth-order valence-corrected chi connectivity index (χ4v) is 2.19. The van der Waals surface area contributed by atoms with E-state index in [4.69, 9.17) is 0 Å². The number of carbonyl (C=O) groups is 1. The van der Waals surface area contributed by atoms with Crippen molar-refractivity contribution in [1.82, 2.24) is 0 Å². The average Bonchev–Trinajstić information content (AvgIpc) is 2.32. The van der Waals surface area contributed by atoms with Gasteiger partial charge in [0.25, 0.3) is 0 Å². The summed E-state index contributed by atoms with van der Waals surface area (Å²) in [6.07, 6.45) is 0. The van der Waals surface area contributed by atoms with E-state index in [0.29, 0.717) is 0 Å². The maximum atomic E-state index is 11.6. The van der Waals surface area contributed by atoms with Crippen LogP contribution in [-0.4, -0.2) is 10.1 Å². The third kappa shape index (κ3) is 2.17. The lowest BCUT2D eigenvalue weighted by Crippen LogP contribution is -2.22. The molecule has 0 fully saturated rings. The van der Waals surface area contributed by atoms with E-state index in [9.17, 15) is 4.79 Å². The highest BCUT2D eigenvalue weighted by molar-refractivity contribution is 9.10. The zero-order chi connectivity index (χ0) is 9.35. The van der Waals surface area contributed by atoms with E-state index in [1.807, 2.05) is 32.2 Å².